The standard InChI is InChI=1S/C14H16F2N2S/c15-10-2-1-3-11(16)13(10)18-14(19)17-12-7-8-4-5-9(12)6-8/h1-3,8-9,12H,4-7H2,(H2,17,18,19)/t8-,9-,12+/m1/s1. The number of rotatable bonds is 2. The normalized spacial score (nSPS) is 28.4. The largest absolute Gasteiger partial charge is 0.359 e. The Morgan fingerprint density at radius 3 is 2.47 bits per heavy atom. The number of thiocarbonyl (C=S) groups is 1. The van der Waals surface area contributed by atoms with E-state index < -0.39 is 11.6 Å². The molecular weight excluding hydrogens is 266 g/mol. The summed E-state index contributed by atoms with van der Waals surface area (Å²) in [5.74, 6) is 0.208. The number of para-hydroxylation sites is 1. The Morgan fingerprint density at radius 2 is 1.89 bits per heavy atom. The Hall–Kier alpha value is -1.23. The minimum Gasteiger partial charge on any atom is -0.359 e. The fourth-order valence-corrected chi connectivity index (χ4v) is 3.61. The van der Waals surface area contributed by atoms with Crippen molar-refractivity contribution in [1.82, 2.24) is 5.32 Å². The number of halogens is 2. The average molecular weight is 282 g/mol. The van der Waals surface area contributed by atoms with E-state index in [1.165, 1.54) is 37.5 Å². The second-order valence-electron chi connectivity index (χ2n) is 5.48. The predicted molar refractivity (Wildman–Crippen MR) is 75.0 cm³/mol. The average Bonchev–Trinajstić information content (AvgIpc) is 2.96. The fourth-order valence-electron chi connectivity index (χ4n) is 3.36. The second kappa shape index (κ2) is 5.04. The zero-order valence-electron chi connectivity index (χ0n) is 10.5. The van der Waals surface area contributed by atoms with E-state index in [1.807, 2.05) is 0 Å². The molecule has 19 heavy (non-hydrogen) atoms. The van der Waals surface area contributed by atoms with Crippen LogP contribution in [0.5, 0.6) is 0 Å². The van der Waals surface area contributed by atoms with Gasteiger partial charge in [0.15, 0.2) is 5.11 Å². The molecule has 2 bridgehead atoms. The van der Waals surface area contributed by atoms with Crippen molar-refractivity contribution in [1.29, 1.82) is 0 Å². The monoisotopic (exact) mass is 282 g/mol. The van der Waals surface area contributed by atoms with Crippen LogP contribution in [0.25, 0.3) is 0 Å². The van der Waals surface area contributed by atoms with Crippen molar-refractivity contribution in [2.75, 3.05) is 5.32 Å². The molecular formula is C14H16F2N2S. The highest BCUT2D eigenvalue weighted by atomic mass is 32.1. The van der Waals surface area contributed by atoms with Crippen LogP contribution in [-0.4, -0.2) is 11.2 Å². The lowest BCUT2D eigenvalue weighted by Gasteiger charge is -2.24. The van der Waals surface area contributed by atoms with Crippen molar-refractivity contribution in [3.8, 4) is 0 Å². The molecule has 2 saturated carbocycles. The van der Waals surface area contributed by atoms with Gasteiger partial charge in [0.2, 0.25) is 0 Å². The zero-order chi connectivity index (χ0) is 13.4. The first-order valence-corrected chi connectivity index (χ1v) is 7.06. The molecule has 5 heteroatoms. The van der Waals surface area contributed by atoms with Crippen LogP contribution in [-0.2, 0) is 0 Å². The zero-order valence-corrected chi connectivity index (χ0v) is 11.3. The number of benzene rings is 1. The first kappa shape index (κ1) is 12.8. The highest BCUT2D eigenvalue weighted by Crippen LogP contribution is 2.44. The van der Waals surface area contributed by atoms with Gasteiger partial charge >= 0.3 is 0 Å². The molecule has 2 N–H and O–H groups in total. The van der Waals surface area contributed by atoms with Crippen LogP contribution >= 0.6 is 12.2 Å². The minimum atomic E-state index is -0.628. The van der Waals surface area contributed by atoms with Gasteiger partial charge in [-0.05, 0) is 55.4 Å². The van der Waals surface area contributed by atoms with Gasteiger partial charge in [-0.2, -0.15) is 0 Å². The summed E-state index contributed by atoms with van der Waals surface area (Å²) in [4.78, 5) is 0. The molecule has 0 aromatic heterocycles. The van der Waals surface area contributed by atoms with Crippen molar-refractivity contribution < 1.29 is 8.78 Å². The lowest BCUT2D eigenvalue weighted by Crippen LogP contribution is -2.41. The highest BCUT2D eigenvalue weighted by Gasteiger charge is 2.39. The van der Waals surface area contributed by atoms with Crippen LogP contribution in [0.15, 0.2) is 18.2 Å². The molecule has 2 nitrogen and oxygen atoms in total. The molecule has 3 atom stereocenters. The summed E-state index contributed by atoms with van der Waals surface area (Å²) >= 11 is 5.15. The lowest BCUT2D eigenvalue weighted by atomic mass is 9.96. The number of hydrogen-bond donors (Lipinski definition) is 2. The van der Waals surface area contributed by atoms with Gasteiger partial charge in [-0.1, -0.05) is 12.5 Å². The summed E-state index contributed by atoms with van der Waals surface area (Å²) in [6.45, 7) is 0. The summed E-state index contributed by atoms with van der Waals surface area (Å²) < 4.78 is 27.0. The van der Waals surface area contributed by atoms with Crippen LogP contribution in [0.1, 0.15) is 25.7 Å². The third kappa shape index (κ3) is 2.56. The summed E-state index contributed by atoms with van der Waals surface area (Å²) in [6.07, 6.45) is 4.92. The van der Waals surface area contributed by atoms with E-state index >= 15 is 0 Å². The quantitative estimate of drug-likeness (QED) is 0.813. The summed E-state index contributed by atoms with van der Waals surface area (Å²) in [7, 11) is 0. The number of anilines is 1. The smallest absolute Gasteiger partial charge is 0.171 e. The number of hydrogen-bond acceptors (Lipinski definition) is 1. The number of fused-ring (bicyclic) bond motifs is 2. The molecule has 2 aliphatic carbocycles. The van der Waals surface area contributed by atoms with E-state index in [1.54, 1.807) is 0 Å². The van der Waals surface area contributed by atoms with Gasteiger partial charge in [0.05, 0.1) is 0 Å². The van der Waals surface area contributed by atoms with Crippen molar-refractivity contribution in [3.63, 3.8) is 0 Å². The van der Waals surface area contributed by atoms with E-state index in [9.17, 15) is 8.78 Å². The van der Waals surface area contributed by atoms with Crippen LogP contribution in [0, 0.1) is 23.5 Å². The van der Waals surface area contributed by atoms with Gasteiger partial charge < -0.3 is 10.6 Å². The van der Waals surface area contributed by atoms with Crippen LogP contribution in [0.3, 0.4) is 0 Å². The van der Waals surface area contributed by atoms with Gasteiger partial charge in [0.1, 0.15) is 17.3 Å². The summed E-state index contributed by atoms with van der Waals surface area (Å²) in [6, 6.07) is 4.12. The van der Waals surface area contributed by atoms with E-state index in [4.69, 9.17) is 12.2 Å². The molecule has 0 unspecified atom stereocenters. The van der Waals surface area contributed by atoms with Crippen molar-refractivity contribution >= 4 is 23.0 Å². The Morgan fingerprint density at radius 1 is 1.16 bits per heavy atom. The van der Waals surface area contributed by atoms with Crippen molar-refractivity contribution in [2.24, 2.45) is 11.8 Å². The Bertz CT molecular complexity index is 486. The van der Waals surface area contributed by atoms with Crippen LogP contribution in [0.2, 0.25) is 0 Å². The number of nitrogens with one attached hydrogen (secondary N) is 2. The van der Waals surface area contributed by atoms with E-state index in [0.29, 0.717) is 17.1 Å². The molecule has 102 valence electrons. The fraction of sp³-hybridized carbons (Fsp3) is 0.500. The van der Waals surface area contributed by atoms with E-state index in [0.717, 1.165) is 12.3 Å². The van der Waals surface area contributed by atoms with Gasteiger partial charge in [-0.25, -0.2) is 8.78 Å². The molecule has 1 aromatic rings. The van der Waals surface area contributed by atoms with Crippen LogP contribution in [0.4, 0.5) is 14.5 Å². The van der Waals surface area contributed by atoms with E-state index in [-0.39, 0.29) is 5.69 Å². The molecule has 2 aliphatic rings. The molecule has 0 saturated heterocycles. The minimum absolute atomic E-state index is 0.178. The SMILES string of the molecule is Fc1cccc(F)c1NC(=S)N[C@H]1C[C@@H]2CC[C@@H]1C2. The molecule has 0 heterocycles. The van der Waals surface area contributed by atoms with Gasteiger partial charge in [0, 0.05) is 6.04 Å². The second-order valence-corrected chi connectivity index (χ2v) is 5.88. The molecule has 2 fully saturated rings. The third-order valence-electron chi connectivity index (χ3n) is 4.26. The van der Waals surface area contributed by atoms with Gasteiger partial charge in [0.25, 0.3) is 0 Å². The Labute approximate surface area is 116 Å². The molecule has 0 spiro atoms. The predicted octanol–water partition coefficient (Wildman–Crippen LogP) is 3.44. The van der Waals surface area contributed by atoms with Gasteiger partial charge in [-0.15, -0.1) is 0 Å². The van der Waals surface area contributed by atoms with Crippen LogP contribution < -0.4 is 10.6 Å². The molecule has 0 radical (unpaired) electrons. The lowest BCUT2D eigenvalue weighted by molar-refractivity contribution is 0.391. The maximum Gasteiger partial charge on any atom is 0.171 e. The Kier molecular flexibility index (Phi) is 3.39. The van der Waals surface area contributed by atoms with Gasteiger partial charge in [-0.3, -0.25) is 0 Å². The maximum atomic E-state index is 13.5. The van der Waals surface area contributed by atoms with Crippen molar-refractivity contribution in [2.45, 2.75) is 31.7 Å². The first-order chi connectivity index (χ1) is 9.13. The molecule has 0 aliphatic heterocycles. The summed E-state index contributed by atoms with van der Waals surface area (Å²) in [5, 5.41) is 6.14. The van der Waals surface area contributed by atoms with E-state index in [2.05, 4.69) is 10.6 Å². The highest BCUT2D eigenvalue weighted by molar-refractivity contribution is 7.80. The molecule has 3 rings (SSSR count). The van der Waals surface area contributed by atoms with Crippen molar-refractivity contribution in [3.05, 3.63) is 29.8 Å². The Balaban J connectivity index is 1.62. The maximum absolute atomic E-state index is 13.5. The summed E-state index contributed by atoms with van der Waals surface area (Å²) in [5.41, 5.74) is -0.178. The topological polar surface area (TPSA) is 24.1 Å². The molecule has 1 aromatic carbocycles. The molecule has 0 amide bonds. The first-order valence-electron chi connectivity index (χ1n) is 6.65. The third-order valence-corrected chi connectivity index (χ3v) is 4.48.